The molecule has 2 amide bonds. The third-order valence-corrected chi connectivity index (χ3v) is 6.01. The van der Waals surface area contributed by atoms with Gasteiger partial charge in [-0.05, 0) is 61.3 Å². The lowest BCUT2D eigenvalue weighted by Crippen LogP contribution is -2.34. The fraction of sp³-hybridized carbons (Fsp3) is 0.400. The van der Waals surface area contributed by atoms with Crippen LogP contribution in [-0.4, -0.2) is 16.9 Å². The number of anilines is 1. The number of hydrogen-bond donors (Lipinski definition) is 3. The van der Waals surface area contributed by atoms with Crippen LogP contribution in [0.4, 0.5) is 5.69 Å². The van der Waals surface area contributed by atoms with E-state index in [1.54, 1.807) is 24.3 Å². The number of carbonyl (C=O) groups excluding carboxylic acids is 2. The molecule has 1 aliphatic rings. The molecule has 0 radical (unpaired) electrons. The molecule has 0 saturated heterocycles. The molecule has 5 nitrogen and oxygen atoms in total. The molecular weight excluding hydrogens is 406 g/mol. The fourth-order valence-corrected chi connectivity index (χ4v) is 4.20. The van der Waals surface area contributed by atoms with E-state index < -0.39 is 0 Å². The van der Waals surface area contributed by atoms with Crippen LogP contribution >= 0.6 is 12.2 Å². The van der Waals surface area contributed by atoms with Crippen LogP contribution in [0.3, 0.4) is 0 Å². The molecule has 1 saturated carbocycles. The second-order valence-electron chi connectivity index (χ2n) is 8.23. The van der Waals surface area contributed by atoms with Gasteiger partial charge in [-0.1, -0.05) is 62.4 Å². The van der Waals surface area contributed by atoms with Gasteiger partial charge >= 0.3 is 0 Å². The van der Waals surface area contributed by atoms with Crippen LogP contribution in [0.1, 0.15) is 73.8 Å². The van der Waals surface area contributed by atoms with Crippen molar-refractivity contribution in [2.75, 3.05) is 5.32 Å². The van der Waals surface area contributed by atoms with Crippen LogP contribution in [0.25, 0.3) is 0 Å². The Morgan fingerprint density at radius 2 is 1.68 bits per heavy atom. The van der Waals surface area contributed by atoms with Crippen molar-refractivity contribution < 1.29 is 9.59 Å². The van der Waals surface area contributed by atoms with E-state index in [0.717, 1.165) is 17.7 Å². The van der Waals surface area contributed by atoms with Crippen LogP contribution in [0.5, 0.6) is 0 Å². The maximum absolute atomic E-state index is 12.5. The molecular formula is C25H31N3O2S. The van der Waals surface area contributed by atoms with Gasteiger partial charge in [-0.2, -0.15) is 0 Å². The fourth-order valence-electron chi connectivity index (χ4n) is 3.97. The lowest BCUT2D eigenvalue weighted by atomic mass is 9.86. The van der Waals surface area contributed by atoms with Crippen molar-refractivity contribution in [3.8, 4) is 0 Å². The Balaban J connectivity index is 1.43. The van der Waals surface area contributed by atoms with E-state index in [-0.39, 0.29) is 23.0 Å². The molecule has 3 rings (SSSR count). The zero-order chi connectivity index (χ0) is 22.1. The zero-order valence-electron chi connectivity index (χ0n) is 18.0. The van der Waals surface area contributed by atoms with Crippen LogP contribution in [0.2, 0.25) is 0 Å². The van der Waals surface area contributed by atoms with Crippen molar-refractivity contribution in [1.82, 2.24) is 10.6 Å². The van der Waals surface area contributed by atoms with Gasteiger partial charge in [0.25, 0.3) is 5.91 Å². The summed E-state index contributed by atoms with van der Waals surface area (Å²) in [5, 5.41) is 9.04. The number of carbonyl (C=O) groups is 2. The van der Waals surface area contributed by atoms with E-state index in [1.807, 2.05) is 37.3 Å². The number of benzene rings is 2. The number of thiocarbonyl (C=S) groups is 1. The average molecular weight is 438 g/mol. The highest BCUT2D eigenvalue weighted by Crippen LogP contribution is 2.27. The molecule has 1 aliphatic carbocycles. The van der Waals surface area contributed by atoms with Crippen molar-refractivity contribution in [3.63, 3.8) is 0 Å². The van der Waals surface area contributed by atoms with Gasteiger partial charge in [0.2, 0.25) is 5.91 Å². The van der Waals surface area contributed by atoms with Crippen molar-refractivity contribution >= 4 is 34.8 Å². The van der Waals surface area contributed by atoms with Crippen LogP contribution in [0, 0.1) is 5.92 Å². The highest BCUT2D eigenvalue weighted by atomic mass is 32.1. The van der Waals surface area contributed by atoms with E-state index >= 15 is 0 Å². The van der Waals surface area contributed by atoms with Gasteiger partial charge in [-0.15, -0.1) is 0 Å². The minimum absolute atomic E-state index is 0.0472. The Bertz CT molecular complexity index is 877. The Kier molecular flexibility index (Phi) is 8.59. The quantitative estimate of drug-likeness (QED) is 0.511. The molecule has 2 aromatic rings. The molecule has 0 aliphatic heterocycles. The molecule has 2 aromatic carbocycles. The molecule has 1 atom stereocenters. The Morgan fingerprint density at radius 3 is 2.35 bits per heavy atom. The molecule has 0 bridgehead atoms. The van der Waals surface area contributed by atoms with Crippen LogP contribution < -0.4 is 16.0 Å². The molecule has 3 N–H and O–H groups in total. The second-order valence-corrected chi connectivity index (χ2v) is 8.64. The normalized spacial score (nSPS) is 15.0. The predicted octanol–water partition coefficient (Wildman–Crippen LogP) is 5.35. The number of hydrogen-bond acceptors (Lipinski definition) is 3. The third kappa shape index (κ3) is 7.47. The van der Waals surface area contributed by atoms with E-state index in [4.69, 9.17) is 12.2 Å². The molecule has 1 fully saturated rings. The Labute approximate surface area is 190 Å². The van der Waals surface area contributed by atoms with Gasteiger partial charge in [-0.25, -0.2) is 0 Å². The summed E-state index contributed by atoms with van der Waals surface area (Å²) in [6.07, 6.45) is 7.80. The Morgan fingerprint density at radius 1 is 1.00 bits per heavy atom. The third-order valence-electron chi connectivity index (χ3n) is 5.81. The second kappa shape index (κ2) is 11.6. The molecule has 1 unspecified atom stereocenters. The topological polar surface area (TPSA) is 70.2 Å². The van der Waals surface area contributed by atoms with Crippen LogP contribution in [-0.2, 0) is 4.79 Å². The van der Waals surface area contributed by atoms with Gasteiger partial charge in [0, 0.05) is 17.7 Å². The summed E-state index contributed by atoms with van der Waals surface area (Å²) in [5.41, 5.74) is 2.35. The van der Waals surface area contributed by atoms with Crippen LogP contribution in [0.15, 0.2) is 54.6 Å². The Hall–Kier alpha value is -2.73. The lowest BCUT2D eigenvalue weighted by molar-refractivity contribution is -0.120. The van der Waals surface area contributed by atoms with Gasteiger partial charge in [0.15, 0.2) is 5.11 Å². The molecule has 0 spiro atoms. The molecule has 0 heterocycles. The van der Waals surface area contributed by atoms with E-state index in [0.29, 0.717) is 17.9 Å². The zero-order valence-corrected chi connectivity index (χ0v) is 18.8. The first-order chi connectivity index (χ1) is 15.0. The van der Waals surface area contributed by atoms with Gasteiger partial charge in [-0.3, -0.25) is 9.59 Å². The summed E-state index contributed by atoms with van der Waals surface area (Å²) in [5.74, 6) is 0.486. The maximum Gasteiger partial charge on any atom is 0.251 e. The van der Waals surface area contributed by atoms with Crippen molar-refractivity contribution in [3.05, 3.63) is 65.7 Å². The van der Waals surface area contributed by atoms with Crippen molar-refractivity contribution in [1.29, 1.82) is 0 Å². The average Bonchev–Trinajstić information content (AvgIpc) is 2.79. The standard InChI is InChI=1S/C25H31N3O2S/c1-18(20-10-6-3-7-11-20)26-24(30)21-13-15-22(16-14-21)27-25(31)28-23(29)17-12-19-8-4-2-5-9-19/h3,6-7,10-11,13-16,18-19H,2,4-5,8-9,12,17H2,1H3,(H,26,30)(H2,27,28,29,31). The lowest BCUT2D eigenvalue weighted by Gasteiger charge is -2.21. The highest BCUT2D eigenvalue weighted by molar-refractivity contribution is 7.80. The molecule has 31 heavy (non-hydrogen) atoms. The molecule has 164 valence electrons. The first-order valence-electron chi connectivity index (χ1n) is 11.1. The molecule has 0 aromatic heterocycles. The maximum atomic E-state index is 12.5. The smallest absolute Gasteiger partial charge is 0.251 e. The van der Waals surface area contributed by atoms with E-state index in [9.17, 15) is 9.59 Å². The predicted molar refractivity (Wildman–Crippen MR) is 129 cm³/mol. The number of nitrogens with one attached hydrogen (secondary N) is 3. The van der Waals surface area contributed by atoms with Gasteiger partial charge < -0.3 is 16.0 Å². The highest BCUT2D eigenvalue weighted by Gasteiger charge is 2.15. The minimum Gasteiger partial charge on any atom is -0.346 e. The van der Waals surface area contributed by atoms with E-state index in [1.165, 1.54) is 32.1 Å². The first kappa shape index (κ1) is 22.9. The summed E-state index contributed by atoms with van der Waals surface area (Å²) < 4.78 is 0. The summed E-state index contributed by atoms with van der Waals surface area (Å²) in [6, 6.07) is 16.8. The van der Waals surface area contributed by atoms with Gasteiger partial charge in [0.05, 0.1) is 6.04 Å². The minimum atomic E-state index is -0.138. The monoisotopic (exact) mass is 437 g/mol. The number of rotatable bonds is 7. The largest absolute Gasteiger partial charge is 0.346 e. The summed E-state index contributed by atoms with van der Waals surface area (Å²) in [7, 11) is 0. The first-order valence-corrected chi connectivity index (χ1v) is 11.5. The SMILES string of the molecule is CC(NC(=O)c1ccc(NC(=S)NC(=O)CCC2CCCCC2)cc1)c1ccccc1. The summed E-state index contributed by atoms with van der Waals surface area (Å²) in [6.45, 7) is 1.96. The number of amides is 2. The van der Waals surface area contributed by atoms with E-state index in [2.05, 4.69) is 16.0 Å². The summed E-state index contributed by atoms with van der Waals surface area (Å²) >= 11 is 5.26. The van der Waals surface area contributed by atoms with Crippen molar-refractivity contribution in [2.24, 2.45) is 5.92 Å². The van der Waals surface area contributed by atoms with Crippen molar-refractivity contribution in [2.45, 2.75) is 57.9 Å². The summed E-state index contributed by atoms with van der Waals surface area (Å²) in [4.78, 5) is 24.7. The molecule has 6 heteroatoms. The van der Waals surface area contributed by atoms with Gasteiger partial charge in [0.1, 0.15) is 0 Å².